The molecule has 0 bridgehead atoms. The standard InChI is InChI=1S/C24H26N6O5/c1-15-10-21(31)23(27-29(15)19-6-4-5-7-20(19)30(33)34)24(32)26-12-18-8-9-22(25-11-18)28-13-16(2)35-17(3)14-28/h4-11,16-17H,12-14H2,1-3H3,(H,26,32). The SMILES string of the molecule is Cc1cc(=O)c(C(=O)NCc2ccc(N3CC(C)OC(C)C3)nc2)nn1-c1ccccc1[N+](=O)[O-]. The number of aryl methyl sites for hydroxylation is 1. The number of pyridine rings is 1. The number of morpholine rings is 1. The molecule has 1 aliphatic heterocycles. The van der Waals surface area contributed by atoms with Crippen molar-refractivity contribution in [2.75, 3.05) is 18.0 Å². The van der Waals surface area contributed by atoms with E-state index in [1.807, 2.05) is 26.0 Å². The average Bonchev–Trinajstić information content (AvgIpc) is 2.82. The van der Waals surface area contributed by atoms with Crippen LogP contribution in [-0.4, -0.2) is 50.9 Å². The van der Waals surface area contributed by atoms with Gasteiger partial charge in [0.05, 0.1) is 17.1 Å². The Kier molecular flexibility index (Phi) is 6.87. The van der Waals surface area contributed by atoms with Crippen molar-refractivity contribution in [2.24, 2.45) is 0 Å². The minimum Gasteiger partial charge on any atom is -0.372 e. The summed E-state index contributed by atoms with van der Waals surface area (Å²) in [6, 6.07) is 11.0. The van der Waals surface area contributed by atoms with E-state index < -0.39 is 16.3 Å². The number of nitrogens with one attached hydrogen (secondary N) is 1. The molecule has 11 heteroatoms. The molecular formula is C24H26N6O5. The van der Waals surface area contributed by atoms with Gasteiger partial charge in [0.15, 0.2) is 5.69 Å². The Morgan fingerprint density at radius 2 is 1.91 bits per heavy atom. The lowest BCUT2D eigenvalue weighted by molar-refractivity contribution is -0.384. The van der Waals surface area contributed by atoms with Crippen LogP contribution in [0.15, 0.2) is 53.5 Å². The highest BCUT2D eigenvalue weighted by atomic mass is 16.6. The average molecular weight is 479 g/mol. The fraction of sp³-hybridized carbons (Fsp3) is 0.333. The first-order chi connectivity index (χ1) is 16.7. The molecule has 0 saturated carbocycles. The summed E-state index contributed by atoms with van der Waals surface area (Å²) < 4.78 is 6.99. The van der Waals surface area contributed by atoms with Gasteiger partial charge in [-0.1, -0.05) is 18.2 Å². The summed E-state index contributed by atoms with van der Waals surface area (Å²) in [4.78, 5) is 42.8. The number of nitro groups is 1. The molecule has 0 spiro atoms. The Morgan fingerprint density at radius 1 is 1.20 bits per heavy atom. The molecule has 2 unspecified atom stereocenters. The monoisotopic (exact) mass is 478 g/mol. The molecule has 11 nitrogen and oxygen atoms in total. The lowest BCUT2D eigenvalue weighted by atomic mass is 10.2. The van der Waals surface area contributed by atoms with Crippen molar-refractivity contribution in [1.29, 1.82) is 0 Å². The van der Waals surface area contributed by atoms with Crippen molar-refractivity contribution in [3.05, 3.63) is 86.0 Å². The first kappa shape index (κ1) is 24.0. The van der Waals surface area contributed by atoms with Crippen LogP contribution in [-0.2, 0) is 11.3 Å². The van der Waals surface area contributed by atoms with Gasteiger partial charge in [0.2, 0.25) is 5.43 Å². The number of anilines is 1. The second-order valence-electron chi connectivity index (χ2n) is 8.53. The highest BCUT2D eigenvalue weighted by Crippen LogP contribution is 2.22. The molecule has 3 heterocycles. The maximum absolute atomic E-state index is 12.8. The van der Waals surface area contributed by atoms with Crippen molar-refractivity contribution in [3.63, 3.8) is 0 Å². The van der Waals surface area contributed by atoms with Crippen LogP contribution >= 0.6 is 0 Å². The normalized spacial score (nSPS) is 17.7. The number of para-hydroxylation sites is 2. The molecule has 1 aliphatic rings. The molecule has 3 aromatic rings. The number of amides is 1. The molecule has 1 amide bonds. The van der Waals surface area contributed by atoms with Gasteiger partial charge in [-0.2, -0.15) is 5.10 Å². The lowest BCUT2D eigenvalue weighted by Gasteiger charge is -2.36. The number of hydrogen-bond acceptors (Lipinski definition) is 8. The van der Waals surface area contributed by atoms with Gasteiger partial charge in [-0.3, -0.25) is 19.7 Å². The van der Waals surface area contributed by atoms with Gasteiger partial charge in [0.25, 0.3) is 11.6 Å². The zero-order valence-electron chi connectivity index (χ0n) is 19.7. The predicted octanol–water partition coefficient (Wildman–Crippen LogP) is 2.39. The van der Waals surface area contributed by atoms with Crippen molar-refractivity contribution in [3.8, 4) is 5.69 Å². The molecule has 4 rings (SSSR count). The van der Waals surface area contributed by atoms with E-state index >= 15 is 0 Å². The predicted molar refractivity (Wildman–Crippen MR) is 129 cm³/mol. The van der Waals surface area contributed by atoms with Crippen LogP contribution in [0.1, 0.15) is 35.6 Å². The van der Waals surface area contributed by atoms with Gasteiger partial charge in [-0.15, -0.1) is 0 Å². The second kappa shape index (κ2) is 10.0. The van der Waals surface area contributed by atoms with E-state index in [1.165, 1.54) is 28.9 Å². The largest absolute Gasteiger partial charge is 0.372 e. The van der Waals surface area contributed by atoms with Crippen LogP contribution in [0.25, 0.3) is 5.69 Å². The number of nitro benzene ring substituents is 1. The Hall–Kier alpha value is -4.12. The third-order valence-corrected chi connectivity index (χ3v) is 5.63. The summed E-state index contributed by atoms with van der Waals surface area (Å²) in [5, 5.41) is 18.2. The van der Waals surface area contributed by atoms with Crippen molar-refractivity contribution in [1.82, 2.24) is 20.1 Å². The van der Waals surface area contributed by atoms with Gasteiger partial charge in [-0.05, 0) is 38.5 Å². The highest BCUT2D eigenvalue weighted by molar-refractivity contribution is 5.92. The number of hydrogen-bond donors (Lipinski definition) is 1. The Labute approximate surface area is 201 Å². The maximum Gasteiger partial charge on any atom is 0.294 e. The van der Waals surface area contributed by atoms with Crippen molar-refractivity contribution >= 4 is 17.4 Å². The van der Waals surface area contributed by atoms with E-state index in [0.717, 1.165) is 24.5 Å². The number of carbonyl (C=O) groups is 1. The fourth-order valence-electron chi connectivity index (χ4n) is 4.09. The van der Waals surface area contributed by atoms with Gasteiger partial charge in [-0.25, -0.2) is 9.67 Å². The van der Waals surface area contributed by atoms with E-state index in [1.54, 1.807) is 19.2 Å². The molecule has 0 aliphatic carbocycles. The molecule has 1 N–H and O–H groups in total. The quantitative estimate of drug-likeness (QED) is 0.422. The van der Waals surface area contributed by atoms with Crippen LogP contribution in [0.3, 0.4) is 0 Å². The van der Waals surface area contributed by atoms with E-state index in [9.17, 15) is 19.7 Å². The molecule has 2 aromatic heterocycles. The van der Waals surface area contributed by atoms with Crippen LogP contribution < -0.4 is 15.6 Å². The molecule has 0 radical (unpaired) electrons. The number of carbonyl (C=O) groups excluding carboxylic acids is 1. The summed E-state index contributed by atoms with van der Waals surface area (Å²) in [6.07, 6.45) is 1.90. The zero-order valence-corrected chi connectivity index (χ0v) is 19.7. The number of aromatic nitrogens is 3. The Bertz CT molecular complexity index is 1300. The Balaban J connectivity index is 1.49. The zero-order chi connectivity index (χ0) is 25.1. The summed E-state index contributed by atoms with van der Waals surface area (Å²) in [6.45, 7) is 7.28. The fourth-order valence-corrected chi connectivity index (χ4v) is 4.09. The van der Waals surface area contributed by atoms with Crippen LogP contribution in [0.4, 0.5) is 11.5 Å². The number of ether oxygens (including phenoxy) is 1. The van der Waals surface area contributed by atoms with Gasteiger partial charge in [0, 0.05) is 43.7 Å². The van der Waals surface area contributed by atoms with E-state index in [0.29, 0.717) is 5.69 Å². The number of benzene rings is 1. The molecule has 35 heavy (non-hydrogen) atoms. The highest BCUT2D eigenvalue weighted by Gasteiger charge is 2.23. The molecule has 2 atom stereocenters. The molecule has 1 fully saturated rings. The Morgan fingerprint density at radius 3 is 2.57 bits per heavy atom. The summed E-state index contributed by atoms with van der Waals surface area (Å²) in [7, 11) is 0. The van der Waals surface area contributed by atoms with Crippen LogP contribution in [0, 0.1) is 17.0 Å². The topological polar surface area (TPSA) is 132 Å². The number of rotatable bonds is 6. The maximum atomic E-state index is 12.8. The lowest BCUT2D eigenvalue weighted by Crippen LogP contribution is -2.45. The second-order valence-corrected chi connectivity index (χ2v) is 8.53. The van der Waals surface area contributed by atoms with E-state index in [4.69, 9.17) is 4.74 Å². The minimum absolute atomic E-state index is 0.114. The van der Waals surface area contributed by atoms with Gasteiger partial charge < -0.3 is 15.0 Å². The smallest absolute Gasteiger partial charge is 0.294 e. The summed E-state index contributed by atoms with van der Waals surface area (Å²) in [5.41, 5.74) is 0.174. The van der Waals surface area contributed by atoms with Crippen molar-refractivity contribution in [2.45, 2.75) is 39.5 Å². The summed E-state index contributed by atoms with van der Waals surface area (Å²) in [5.74, 6) is 0.150. The first-order valence-electron chi connectivity index (χ1n) is 11.2. The van der Waals surface area contributed by atoms with Crippen molar-refractivity contribution < 1.29 is 14.5 Å². The third kappa shape index (κ3) is 5.35. The van der Waals surface area contributed by atoms with Crippen LogP contribution in [0.5, 0.6) is 0 Å². The van der Waals surface area contributed by atoms with E-state index in [-0.39, 0.29) is 35.8 Å². The van der Waals surface area contributed by atoms with E-state index in [2.05, 4.69) is 20.3 Å². The van der Waals surface area contributed by atoms with Gasteiger partial charge >= 0.3 is 0 Å². The first-order valence-corrected chi connectivity index (χ1v) is 11.2. The summed E-state index contributed by atoms with van der Waals surface area (Å²) >= 11 is 0. The molecule has 1 aromatic carbocycles. The van der Waals surface area contributed by atoms with Gasteiger partial charge in [0.1, 0.15) is 11.5 Å². The van der Waals surface area contributed by atoms with Crippen LogP contribution in [0.2, 0.25) is 0 Å². The minimum atomic E-state index is -0.678. The number of nitrogens with zero attached hydrogens (tertiary/aromatic N) is 5. The molecular weight excluding hydrogens is 452 g/mol. The molecule has 182 valence electrons. The third-order valence-electron chi connectivity index (χ3n) is 5.63. The molecule has 1 saturated heterocycles.